The third kappa shape index (κ3) is 3.11. The van der Waals surface area contributed by atoms with Gasteiger partial charge in [0.25, 0.3) is 0 Å². The van der Waals surface area contributed by atoms with Gasteiger partial charge in [0, 0.05) is 24.8 Å². The van der Waals surface area contributed by atoms with Crippen LogP contribution >= 0.6 is 0 Å². The number of hydrogen-bond donors (Lipinski definition) is 1. The van der Waals surface area contributed by atoms with E-state index in [2.05, 4.69) is 9.97 Å². The number of aliphatic hydroxyl groups is 1. The van der Waals surface area contributed by atoms with Crippen LogP contribution in [0, 0.1) is 5.82 Å². The van der Waals surface area contributed by atoms with Crippen LogP contribution in [-0.2, 0) is 6.54 Å². The summed E-state index contributed by atoms with van der Waals surface area (Å²) in [6.07, 6.45) is 4.40. The van der Waals surface area contributed by atoms with Crippen LogP contribution in [0.4, 0.5) is 13.2 Å². The van der Waals surface area contributed by atoms with Crippen LogP contribution in [0.3, 0.4) is 0 Å². The summed E-state index contributed by atoms with van der Waals surface area (Å²) in [7, 11) is 0. The van der Waals surface area contributed by atoms with Gasteiger partial charge in [-0.05, 0) is 17.7 Å². The first kappa shape index (κ1) is 15.3. The van der Waals surface area contributed by atoms with Crippen LogP contribution in [-0.4, -0.2) is 24.2 Å². The van der Waals surface area contributed by atoms with E-state index in [1.165, 1.54) is 47.4 Å². The Labute approximate surface area is 129 Å². The topological polar surface area (TPSA) is 55.9 Å². The second-order valence-corrected chi connectivity index (χ2v) is 4.90. The Morgan fingerprint density at radius 3 is 2.43 bits per heavy atom. The molecule has 0 unspecified atom stereocenters. The number of benzene rings is 1. The zero-order chi connectivity index (χ0) is 16.4. The number of alkyl halides is 2. The first-order chi connectivity index (χ1) is 11.1. The number of aromatic nitrogens is 4. The van der Waals surface area contributed by atoms with E-state index < -0.39 is 18.5 Å². The Kier molecular flexibility index (Phi) is 4.16. The molecule has 2 heterocycles. The van der Waals surface area contributed by atoms with Gasteiger partial charge in [-0.15, -0.1) is 0 Å². The molecule has 3 rings (SSSR count). The van der Waals surface area contributed by atoms with Gasteiger partial charge in [-0.3, -0.25) is 4.57 Å². The molecule has 2 aromatic heterocycles. The molecule has 1 N–H and O–H groups in total. The van der Waals surface area contributed by atoms with Gasteiger partial charge in [-0.2, -0.15) is 8.78 Å². The predicted octanol–water partition coefficient (Wildman–Crippen LogP) is 2.74. The van der Waals surface area contributed by atoms with Crippen LogP contribution in [0.1, 0.15) is 29.9 Å². The minimum atomic E-state index is -2.69. The average molecular weight is 322 g/mol. The van der Waals surface area contributed by atoms with E-state index in [0.29, 0.717) is 5.56 Å². The maximum absolute atomic E-state index is 13.0. The van der Waals surface area contributed by atoms with E-state index in [-0.39, 0.29) is 18.2 Å². The summed E-state index contributed by atoms with van der Waals surface area (Å²) >= 11 is 0. The van der Waals surface area contributed by atoms with Crippen molar-refractivity contribution >= 4 is 0 Å². The molecule has 3 aromatic rings. The Hall–Kier alpha value is -2.61. The normalized spacial score (nSPS) is 12.7. The number of nitrogens with zero attached hydrogens (tertiary/aromatic N) is 4. The smallest absolute Gasteiger partial charge is 0.319 e. The fourth-order valence-corrected chi connectivity index (χ4v) is 2.29. The summed E-state index contributed by atoms with van der Waals surface area (Å²) in [6, 6.07) is 5.35. The van der Waals surface area contributed by atoms with Crippen molar-refractivity contribution in [3.8, 4) is 0 Å². The molecule has 0 bridgehead atoms. The third-order valence-electron chi connectivity index (χ3n) is 3.45. The molecule has 0 aliphatic heterocycles. The Morgan fingerprint density at radius 1 is 1.04 bits per heavy atom. The van der Waals surface area contributed by atoms with Gasteiger partial charge in [-0.1, -0.05) is 12.1 Å². The van der Waals surface area contributed by atoms with Crippen LogP contribution in [0.15, 0.2) is 49.1 Å². The largest absolute Gasteiger partial charge is 0.380 e. The molecule has 0 aliphatic rings. The van der Waals surface area contributed by atoms with Gasteiger partial charge in [0.05, 0.1) is 6.54 Å². The fraction of sp³-hybridized carbons (Fsp3) is 0.200. The molecule has 8 heteroatoms. The lowest BCUT2D eigenvalue weighted by Crippen LogP contribution is -2.14. The number of halogens is 3. The maximum atomic E-state index is 13.0. The number of rotatable bonds is 5. The van der Waals surface area contributed by atoms with Gasteiger partial charge < -0.3 is 9.67 Å². The molecule has 5 nitrogen and oxygen atoms in total. The summed E-state index contributed by atoms with van der Waals surface area (Å²) in [4.78, 5) is 7.96. The molecule has 0 radical (unpaired) electrons. The zero-order valence-corrected chi connectivity index (χ0v) is 11.9. The van der Waals surface area contributed by atoms with E-state index in [9.17, 15) is 18.3 Å². The molecule has 0 spiro atoms. The van der Waals surface area contributed by atoms with E-state index >= 15 is 0 Å². The molecule has 0 amide bonds. The molecule has 0 saturated heterocycles. The Morgan fingerprint density at radius 2 is 1.74 bits per heavy atom. The van der Waals surface area contributed by atoms with Crippen molar-refractivity contribution in [3.05, 3.63) is 72.1 Å². The minimum Gasteiger partial charge on any atom is -0.380 e. The minimum absolute atomic E-state index is 0.0327. The van der Waals surface area contributed by atoms with Gasteiger partial charge in [0.1, 0.15) is 23.6 Å². The standard InChI is InChI=1S/C15H13F3N4O/c16-11-3-1-10(2-4-11)13(23)14-20-5-7-21(14)9-12-19-6-8-22(12)15(17)18/h1-8,13,15,23H,9H2/t13-/m1/s1. The lowest BCUT2D eigenvalue weighted by Gasteiger charge is -2.14. The number of aliphatic hydroxyl groups excluding tert-OH is 1. The second-order valence-electron chi connectivity index (χ2n) is 4.90. The molecule has 0 aliphatic carbocycles. The highest BCUT2D eigenvalue weighted by Gasteiger charge is 2.18. The van der Waals surface area contributed by atoms with Gasteiger partial charge in [-0.25, -0.2) is 14.4 Å². The Bertz CT molecular complexity index is 782. The van der Waals surface area contributed by atoms with Crippen LogP contribution in [0.25, 0.3) is 0 Å². The van der Waals surface area contributed by atoms with Crippen molar-refractivity contribution in [2.75, 3.05) is 0 Å². The van der Waals surface area contributed by atoms with E-state index in [4.69, 9.17) is 0 Å². The van der Waals surface area contributed by atoms with Crippen molar-refractivity contribution in [1.29, 1.82) is 0 Å². The maximum Gasteiger partial charge on any atom is 0.319 e. The summed E-state index contributed by atoms with van der Waals surface area (Å²) in [5.74, 6) is -0.00534. The highest BCUT2D eigenvalue weighted by Crippen LogP contribution is 2.22. The van der Waals surface area contributed by atoms with Crippen molar-refractivity contribution < 1.29 is 18.3 Å². The van der Waals surface area contributed by atoms with Crippen molar-refractivity contribution in [1.82, 2.24) is 19.1 Å². The number of hydrogen-bond acceptors (Lipinski definition) is 3. The van der Waals surface area contributed by atoms with Gasteiger partial charge in [0.2, 0.25) is 0 Å². The lowest BCUT2D eigenvalue weighted by molar-refractivity contribution is 0.0666. The van der Waals surface area contributed by atoms with Crippen molar-refractivity contribution in [2.24, 2.45) is 0 Å². The summed E-state index contributed by atoms with van der Waals surface area (Å²) in [5.41, 5.74) is 0.455. The summed E-state index contributed by atoms with van der Waals surface area (Å²) in [6.45, 7) is -2.66. The third-order valence-corrected chi connectivity index (χ3v) is 3.45. The monoisotopic (exact) mass is 322 g/mol. The van der Waals surface area contributed by atoms with Crippen molar-refractivity contribution in [2.45, 2.75) is 19.2 Å². The highest BCUT2D eigenvalue weighted by molar-refractivity contribution is 5.24. The molecule has 0 saturated carbocycles. The van der Waals surface area contributed by atoms with Gasteiger partial charge in [0.15, 0.2) is 0 Å². The van der Waals surface area contributed by atoms with Crippen LogP contribution in [0.5, 0.6) is 0 Å². The van der Waals surface area contributed by atoms with Crippen LogP contribution in [0.2, 0.25) is 0 Å². The molecule has 1 aromatic carbocycles. The second kappa shape index (κ2) is 6.25. The molecular weight excluding hydrogens is 309 g/mol. The number of imidazole rings is 2. The molecule has 120 valence electrons. The van der Waals surface area contributed by atoms with E-state index in [1.807, 2.05) is 0 Å². The zero-order valence-electron chi connectivity index (χ0n) is 11.9. The Balaban J connectivity index is 1.87. The van der Waals surface area contributed by atoms with Gasteiger partial charge >= 0.3 is 6.55 Å². The first-order valence-corrected chi connectivity index (χ1v) is 6.80. The van der Waals surface area contributed by atoms with E-state index in [0.717, 1.165) is 4.57 Å². The SMILES string of the molecule is O[C@H](c1ccc(F)cc1)c1nccn1Cc1nccn1C(F)F. The lowest BCUT2D eigenvalue weighted by atomic mass is 10.1. The fourth-order valence-electron chi connectivity index (χ4n) is 2.29. The van der Waals surface area contributed by atoms with Crippen LogP contribution < -0.4 is 0 Å². The molecule has 23 heavy (non-hydrogen) atoms. The molecular formula is C15H13F3N4O. The first-order valence-electron chi connectivity index (χ1n) is 6.80. The predicted molar refractivity (Wildman–Crippen MR) is 75.3 cm³/mol. The van der Waals surface area contributed by atoms with E-state index in [1.54, 1.807) is 6.20 Å². The quantitative estimate of drug-likeness (QED) is 0.786. The van der Waals surface area contributed by atoms with Crippen molar-refractivity contribution in [3.63, 3.8) is 0 Å². The summed E-state index contributed by atoms with van der Waals surface area (Å²) < 4.78 is 41.0. The molecule has 0 fully saturated rings. The summed E-state index contributed by atoms with van der Waals surface area (Å²) in [5, 5.41) is 10.4. The average Bonchev–Trinajstić information content (AvgIpc) is 3.17. The molecule has 1 atom stereocenters. The highest BCUT2D eigenvalue weighted by atomic mass is 19.3.